The number of nitrogens with zero attached hydrogens (tertiary/aromatic N) is 2. The topological polar surface area (TPSA) is 35.6 Å². The van der Waals surface area contributed by atoms with Crippen LogP contribution in [-0.2, 0) is 6.18 Å². The van der Waals surface area contributed by atoms with Crippen LogP contribution >= 0.6 is 11.3 Å². The van der Waals surface area contributed by atoms with Gasteiger partial charge in [-0.05, 0) is 56.1 Å². The second-order valence-corrected chi connectivity index (χ2v) is 7.96. The highest BCUT2D eigenvalue weighted by atomic mass is 32.1. The summed E-state index contributed by atoms with van der Waals surface area (Å²) in [6.45, 7) is 1.52. The number of thiophene rings is 1. The number of amides is 1. The third-order valence-corrected chi connectivity index (χ3v) is 5.05. The van der Waals surface area contributed by atoms with E-state index in [2.05, 4.69) is 5.32 Å². The van der Waals surface area contributed by atoms with Crippen molar-refractivity contribution >= 4 is 41.2 Å². The fourth-order valence-corrected chi connectivity index (χ4v) is 3.39. The molecule has 0 aliphatic carbocycles. The maximum atomic E-state index is 13.1. The molecular weight excluding hydrogens is 374 g/mol. The Kier molecular flexibility index (Phi) is 6.94. The predicted molar refractivity (Wildman–Crippen MR) is 108 cm³/mol. The lowest BCUT2D eigenvalue weighted by atomic mass is 10.1. The van der Waals surface area contributed by atoms with Crippen molar-refractivity contribution in [2.75, 3.05) is 44.4 Å². The van der Waals surface area contributed by atoms with Crippen molar-refractivity contribution in [2.24, 2.45) is 0 Å². The first-order chi connectivity index (χ1) is 12.6. The number of carbonyl (C=O) groups excluding carboxylic acids is 1. The second-order valence-electron chi connectivity index (χ2n) is 6.67. The molecule has 4 nitrogen and oxygen atoms in total. The van der Waals surface area contributed by atoms with Crippen molar-refractivity contribution in [3.63, 3.8) is 0 Å². The van der Waals surface area contributed by atoms with E-state index in [1.54, 1.807) is 12.1 Å². The van der Waals surface area contributed by atoms with Gasteiger partial charge in [0.25, 0.3) is 5.91 Å². The maximum absolute atomic E-state index is 13.1. The number of alkyl halides is 3. The second kappa shape index (κ2) is 8.80. The third-order valence-electron chi connectivity index (χ3n) is 4.05. The lowest BCUT2D eigenvalue weighted by Gasteiger charge is -2.24. The molecule has 2 rings (SSSR count). The first-order valence-electron chi connectivity index (χ1n) is 8.53. The average molecular weight is 397 g/mol. The predicted octanol–water partition coefficient (Wildman–Crippen LogP) is 2.67. The van der Waals surface area contributed by atoms with Gasteiger partial charge >= 0.3 is 6.18 Å². The molecule has 0 saturated heterocycles. The van der Waals surface area contributed by atoms with Gasteiger partial charge in [0.05, 0.1) is 21.8 Å². The maximum Gasteiger partial charge on any atom is 0.416 e. The molecule has 0 spiro atoms. The minimum Gasteiger partial charge on any atom is -0.373 e. The van der Waals surface area contributed by atoms with Crippen LogP contribution in [0.1, 0.15) is 21.7 Å². The van der Waals surface area contributed by atoms with E-state index >= 15 is 0 Å². The van der Waals surface area contributed by atoms with Crippen LogP contribution in [0, 0.1) is 0 Å². The lowest BCUT2D eigenvalue weighted by molar-refractivity contribution is -0.137. The van der Waals surface area contributed by atoms with E-state index in [0.717, 1.165) is 29.9 Å². The van der Waals surface area contributed by atoms with Crippen LogP contribution in [0.5, 0.6) is 0 Å². The van der Waals surface area contributed by atoms with Crippen LogP contribution in [0.25, 0.3) is 0 Å². The number of benzene rings is 1. The van der Waals surface area contributed by atoms with Crippen LogP contribution in [0.15, 0.2) is 30.3 Å². The Bertz CT molecular complexity index is 792. The van der Waals surface area contributed by atoms with E-state index in [1.807, 2.05) is 38.8 Å². The van der Waals surface area contributed by atoms with Gasteiger partial charge in [-0.1, -0.05) is 6.07 Å². The molecule has 0 unspecified atom stereocenters. The molecule has 1 N–H and O–H groups in total. The van der Waals surface area contributed by atoms with Gasteiger partial charge in [0.15, 0.2) is 7.85 Å². The van der Waals surface area contributed by atoms with Gasteiger partial charge in [-0.2, -0.15) is 13.2 Å². The molecule has 0 fully saturated rings. The molecule has 9 heteroatoms. The summed E-state index contributed by atoms with van der Waals surface area (Å²) < 4.78 is 40.3. The number of halogens is 3. The first kappa shape index (κ1) is 21.3. The normalized spacial score (nSPS) is 11.7. The van der Waals surface area contributed by atoms with E-state index in [0.29, 0.717) is 17.1 Å². The number of carbonyl (C=O) groups is 1. The molecule has 0 saturated carbocycles. The zero-order chi connectivity index (χ0) is 20.2. The van der Waals surface area contributed by atoms with Gasteiger partial charge in [-0.3, -0.25) is 4.79 Å². The van der Waals surface area contributed by atoms with Gasteiger partial charge in [0.2, 0.25) is 0 Å². The summed E-state index contributed by atoms with van der Waals surface area (Å²) in [4.78, 5) is 16.8. The van der Waals surface area contributed by atoms with Crippen LogP contribution in [0.4, 0.5) is 24.5 Å². The summed E-state index contributed by atoms with van der Waals surface area (Å²) in [5.41, 5.74) is -0.0674. The van der Waals surface area contributed by atoms with Crippen molar-refractivity contribution in [3.05, 3.63) is 40.8 Å². The molecule has 0 atom stereocenters. The number of hydrogen-bond acceptors (Lipinski definition) is 4. The molecule has 0 aliphatic heterocycles. The van der Waals surface area contributed by atoms with Crippen molar-refractivity contribution in [1.82, 2.24) is 4.90 Å². The molecule has 1 aromatic heterocycles. The molecule has 27 heavy (non-hydrogen) atoms. The van der Waals surface area contributed by atoms with Crippen molar-refractivity contribution < 1.29 is 18.0 Å². The average Bonchev–Trinajstić information content (AvgIpc) is 3.00. The lowest BCUT2D eigenvalue weighted by Crippen LogP contribution is -2.25. The summed E-state index contributed by atoms with van der Waals surface area (Å²) in [6.07, 6.45) is -3.62. The highest BCUT2D eigenvalue weighted by molar-refractivity contribution is 7.21. The van der Waals surface area contributed by atoms with E-state index in [1.165, 1.54) is 17.4 Å². The summed E-state index contributed by atoms with van der Waals surface area (Å²) >= 11 is 1.30. The highest BCUT2D eigenvalue weighted by Gasteiger charge is 2.31. The van der Waals surface area contributed by atoms with Crippen LogP contribution in [0.2, 0.25) is 0 Å². The molecule has 0 radical (unpaired) electrons. The van der Waals surface area contributed by atoms with E-state index in [9.17, 15) is 18.0 Å². The largest absolute Gasteiger partial charge is 0.416 e. The van der Waals surface area contributed by atoms with Crippen LogP contribution < -0.4 is 15.0 Å². The smallest absolute Gasteiger partial charge is 0.373 e. The number of hydrogen-bond donors (Lipinski definition) is 1. The highest BCUT2D eigenvalue weighted by Crippen LogP contribution is 2.35. The molecule has 0 aliphatic rings. The van der Waals surface area contributed by atoms with Crippen LogP contribution in [-0.4, -0.2) is 52.9 Å². The summed E-state index contributed by atoms with van der Waals surface area (Å²) in [5.74, 6) is -0.407. The van der Waals surface area contributed by atoms with Crippen molar-refractivity contribution in [3.8, 4) is 0 Å². The van der Waals surface area contributed by atoms with Crippen molar-refractivity contribution in [1.29, 1.82) is 0 Å². The molecule has 2 aromatic rings. The Morgan fingerprint density at radius 2 is 1.85 bits per heavy atom. The fourth-order valence-electron chi connectivity index (χ4n) is 2.63. The Balaban J connectivity index is 2.28. The summed E-state index contributed by atoms with van der Waals surface area (Å²) in [6, 6.07) is 6.93. The SMILES string of the molecule is Bc1ccc(C(=O)Nc2cc(C(F)(F)F)ccc2N(C)CCCN(C)C)s1. The Morgan fingerprint density at radius 3 is 2.41 bits per heavy atom. The zero-order valence-corrected chi connectivity index (χ0v) is 16.7. The fraction of sp³-hybridized carbons (Fsp3) is 0.389. The Morgan fingerprint density at radius 1 is 1.15 bits per heavy atom. The number of rotatable bonds is 7. The molecule has 146 valence electrons. The number of anilines is 2. The molecule has 0 bridgehead atoms. The Labute approximate surface area is 162 Å². The Hall–Kier alpha value is -2.00. The van der Waals surface area contributed by atoms with Crippen LogP contribution in [0.3, 0.4) is 0 Å². The van der Waals surface area contributed by atoms with Gasteiger partial charge in [-0.15, -0.1) is 11.3 Å². The third kappa shape index (κ3) is 6.00. The van der Waals surface area contributed by atoms with Gasteiger partial charge in [0, 0.05) is 13.6 Å². The quantitative estimate of drug-likeness (QED) is 0.730. The van der Waals surface area contributed by atoms with Gasteiger partial charge in [-0.25, -0.2) is 0 Å². The molecular formula is C18H23BF3N3OS. The monoisotopic (exact) mass is 397 g/mol. The molecule has 1 amide bonds. The van der Waals surface area contributed by atoms with E-state index < -0.39 is 17.6 Å². The summed E-state index contributed by atoms with van der Waals surface area (Å²) in [5, 5.41) is 2.65. The minimum absolute atomic E-state index is 0.160. The molecule has 1 heterocycles. The standard InChI is InChI=1S/C18H23BF3N3OS/c1-24(2)9-4-10-25(3)14-6-5-12(18(20,21)22)11-13(14)23-17(26)15-7-8-16(19)27-15/h5-8,11H,4,9-10,19H2,1-3H3,(H,23,26). The van der Waals surface area contributed by atoms with Crippen molar-refractivity contribution in [2.45, 2.75) is 12.6 Å². The van der Waals surface area contributed by atoms with E-state index in [4.69, 9.17) is 0 Å². The zero-order valence-electron chi connectivity index (χ0n) is 15.9. The van der Waals surface area contributed by atoms with E-state index in [-0.39, 0.29) is 5.69 Å². The van der Waals surface area contributed by atoms with Gasteiger partial charge < -0.3 is 15.1 Å². The first-order valence-corrected chi connectivity index (χ1v) is 9.34. The van der Waals surface area contributed by atoms with Gasteiger partial charge in [0.1, 0.15) is 0 Å². The molecule has 1 aromatic carbocycles. The summed E-state index contributed by atoms with van der Waals surface area (Å²) in [7, 11) is 7.61. The number of nitrogens with one attached hydrogen (secondary N) is 1. The minimum atomic E-state index is -4.47.